The van der Waals surface area contributed by atoms with Gasteiger partial charge in [0.15, 0.2) is 5.78 Å². The van der Waals surface area contributed by atoms with Gasteiger partial charge in [0.05, 0.1) is 23.8 Å². The van der Waals surface area contributed by atoms with Crippen LogP contribution in [0.2, 0.25) is 0 Å². The number of sulfonamides is 1. The number of unbranched alkanes of at least 4 members (excludes halogenated alkanes) is 2. The Morgan fingerprint density at radius 2 is 1.82 bits per heavy atom. The highest BCUT2D eigenvalue weighted by atomic mass is 32.2. The van der Waals surface area contributed by atoms with Crippen molar-refractivity contribution in [3.05, 3.63) is 25.3 Å². The van der Waals surface area contributed by atoms with Gasteiger partial charge < -0.3 is 19.7 Å². The standard InChI is InChI=1S/C28H45N3O8S/c1-9-11-12-13-14-20(29-26(35)39-27(4,5)6)24(33)31-17-22(38-7)18(3)23(31)21(32)16-28(15-19(28)10-2)25(34)30-40(8,36)37/h9-10,18-20,22-23H,1-2,11-17H2,3-8H3,(H,29,35)(H,30,34)/t18?,19-,20+,22+,23+,28-/m1/s1. The van der Waals surface area contributed by atoms with E-state index >= 15 is 0 Å². The van der Waals surface area contributed by atoms with Gasteiger partial charge in [0, 0.05) is 26.0 Å². The first-order chi connectivity index (χ1) is 18.5. The third-order valence-corrected chi connectivity index (χ3v) is 8.05. The number of methoxy groups -OCH3 is 1. The number of carbonyl (C=O) groups excluding carboxylic acids is 4. The number of ketones is 1. The van der Waals surface area contributed by atoms with E-state index in [4.69, 9.17) is 9.47 Å². The Labute approximate surface area is 238 Å². The maximum atomic E-state index is 13.9. The maximum Gasteiger partial charge on any atom is 0.408 e. The molecule has 2 N–H and O–H groups in total. The molecule has 12 heteroatoms. The zero-order valence-corrected chi connectivity index (χ0v) is 25.3. The molecule has 2 aliphatic rings. The topological polar surface area (TPSA) is 148 Å². The molecule has 226 valence electrons. The highest BCUT2D eigenvalue weighted by Crippen LogP contribution is 2.57. The number of hydrogen-bond donors (Lipinski definition) is 2. The summed E-state index contributed by atoms with van der Waals surface area (Å²) in [7, 11) is -2.34. The summed E-state index contributed by atoms with van der Waals surface area (Å²) in [5, 5.41) is 2.68. The summed E-state index contributed by atoms with van der Waals surface area (Å²) in [6, 6.07) is -1.87. The predicted molar refractivity (Wildman–Crippen MR) is 151 cm³/mol. The second kappa shape index (κ2) is 13.3. The second-order valence-electron chi connectivity index (χ2n) is 11.9. The van der Waals surface area contributed by atoms with E-state index in [1.165, 1.54) is 18.1 Å². The predicted octanol–water partition coefficient (Wildman–Crippen LogP) is 2.72. The van der Waals surface area contributed by atoms with Gasteiger partial charge in [-0.15, -0.1) is 13.2 Å². The number of allylic oxidation sites excluding steroid dienone is 2. The van der Waals surface area contributed by atoms with Crippen LogP contribution < -0.4 is 10.0 Å². The zero-order valence-electron chi connectivity index (χ0n) is 24.5. The fraction of sp³-hybridized carbons (Fsp3) is 0.714. The molecule has 0 bridgehead atoms. The van der Waals surface area contributed by atoms with Gasteiger partial charge in [-0.1, -0.05) is 25.5 Å². The van der Waals surface area contributed by atoms with Crippen LogP contribution in [0.1, 0.15) is 66.2 Å². The highest BCUT2D eigenvalue weighted by molar-refractivity contribution is 7.89. The van der Waals surface area contributed by atoms with Crippen LogP contribution in [0.15, 0.2) is 25.3 Å². The first-order valence-electron chi connectivity index (χ1n) is 13.6. The molecule has 40 heavy (non-hydrogen) atoms. The molecule has 0 radical (unpaired) electrons. The van der Waals surface area contributed by atoms with E-state index in [0.29, 0.717) is 12.8 Å². The Balaban J connectivity index is 2.33. The smallest absolute Gasteiger partial charge is 0.408 e. The summed E-state index contributed by atoms with van der Waals surface area (Å²) < 4.78 is 36.4. The lowest BCUT2D eigenvalue weighted by molar-refractivity contribution is -0.141. The third kappa shape index (κ3) is 8.63. The monoisotopic (exact) mass is 583 g/mol. The molecule has 1 aliphatic heterocycles. The lowest BCUT2D eigenvalue weighted by Crippen LogP contribution is -2.53. The highest BCUT2D eigenvalue weighted by Gasteiger charge is 2.61. The molecule has 1 saturated heterocycles. The molecule has 1 unspecified atom stereocenters. The first kappa shape index (κ1) is 33.5. The lowest BCUT2D eigenvalue weighted by Gasteiger charge is -2.31. The number of nitrogens with zero attached hydrogens (tertiary/aromatic N) is 1. The van der Waals surface area contributed by atoms with E-state index in [2.05, 4.69) is 18.5 Å². The number of Topliss-reactive ketones (excluding diaryl/α,β-unsaturated/α-hetero) is 1. The zero-order chi connectivity index (χ0) is 30.5. The van der Waals surface area contributed by atoms with Crippen molar-refractivity contribution in [2.24, 2.45) is 17.3 Å². The molecule has 6 atom stereocenters. The molecule has 2 rings (SSSR count). The van der Waals surface area contributed by atoms with E-state index in [0.717, 1.165) is 19.1 Å². The summed E-state index contributed by atoms with van der Waals surface area (Å²) in [6.07, 6.45) is 5.50. The summed E-state index contributed by atoms with van der Waals surface area (Å²) in [5.41, 5.74) is -2.02. The van der Waals surface area contributed by atoms with Crippen LogP contribution in [0.4, 0.5) is 4.79 Å². The maximum absolute atomic E-state index is 13.9. The molecule has 1 saturated carbocycles. The van der Waals surface area contributed by atoms with Gasteiger partial charge in [0.2, 0.25) is 21.8 Å². The molecule has 2 fully saturated rings. The number of likely N-dealkylation sites (tertiary alicyclic amines) is 1. The van der Waals surface area contributed by atoms with Gasteiger partial charge in [0.1, 0.15) is 11.6 Å². The van der Waals surface area contributed by atoms with Gasteiger partial charge in [-0.2, -0.15) is 0 Å². The minimum absolute atomic E-state index is 0.124. The second-order valence-corrected chi connectivity index (χ2v) is 13.6. The largest absolute Gasteiger partial charge is 0.444 e. The van der Waals surface area contributed by atoms with Crippen molar-refractivity contribution in [3.63, 3.8) is 0 Å². The van der Waals surface area contributed by atoms with E-state index < -0.39 is 63.1 Å². The van der Waals surface area contributed by atoms with Crippen molar-refractivity contribution in [1.29, 1.82) is 0 Å². The number of rotatable bonds is 14. The first-order valence-corrected chi connectivity index (χ1v) is 15.5. The van der Waals surface area contributed by atoms with Gasteiger partial charge in [0.25, 0.3) is 0 Å². The van der Waals surface area contributed by atoms with E-state index in [9.17, 15) is 27.6 Å². The van der Waals surface area contributed by atoms with Crippen LogP contribution in [0.3, 0.4) is 0 Å². The van der Waals surface area contributed by atoms with E-state index in [1.54, 1.807) is 33.8 Å². The van der Waals surface area contributed by atoms with Crippen LogP contribution in [-0.4, -0.2) is 80.7 Å². The van der Waals surface area contributed by atoms with Crippen molar-refractivity contribution in [2.75, 3.05) is 19.9 Å². The SMILES string of the molecule is C=CCCCC[C@H](NC(=O)OC(C)(C)C)C(=O)N1C[C@H](OC)C(C)[C@H]1C(=O)C[C@]1(C(=O)NS(C)(=O)=O)C[C@H]1C=C. The molecule has 0 aromatic carbocycles. The quantitative estimate of drug-likeness (QED) is 0.234. The third-order valence-electron chi connectivity index (χ3n) is 7.49. The van der Waals surface area contributed by atoms with E-state index in [-0.39, 0.29) is 31.1 Å². The van der Waals surface area contributed by atoms with Crippen molar-refractivity contribution >= 4 is 33.7 Å². The summed E-state index contributed by atoms with van der Waals surface area (Å²) in [6.45, 7) is 14.5. The van der Waals surface area contributed by atoms with Crippen LogP contribution in [0.5, 0.6) is 0 Å². The fourth-order valence-corrected chi connectivity index (χ4v) is 5.90. The number of ether oxygens (including phenoxy) is 2. The van der Waals surface area contributed by atoms with Crippen molar-refractivity contribution in [1.82, 2.24) is 14.9 Å². The molecule has 3 amide bonds. The van der Waals surface area contributed by atoms with Crippen LogP contribution in [-0.2, 0) is 33.9 Å². The van der Waals surface area contributed by atoms with Crippen molar-refractivity contribution in [3.8, 4) is 0 Å². The average molecular weight is 584 g/mol. The van der Waals surface area contributed by atoms with Gasteiger partial charge in [-0.25, -0.2) is 13.2 Å². The summed E-state index contributed by atoms with van der Waals surface area (Å²) in [5.74, 6) is -2.35. The Bertz CT molecular complexity index is 1100. The minimum atomic E-state index is -3.84. The molecular formula is C28H45N3O8S. The fourth-order valence-electron chi connectivity index (χ4n) is 5.36. The molecule has 1 aliphatic carbocycles. The number of amides is 3. The van der Waals surface area contributed by atoms with Gasteiger partial charge >= 0.3 is 6.09 Å². The number of nitrogens with one attached hydrogen (secondary N) is 2. The molecule has 1 heterocycles. The normalized spacial score (nSPS) is 26.9. The molecule has 0 aromatic rings. The van der Waals surface area contributed by atoms with Crippen LogP contribution in [0, 0.1) is 17.3 Å². The van der Waals surface area contributed by atoms with Gasteiger partial charge in [-0.05, 0) is 52.4 Å². The molecule has 0 aromatic heterocycles. The van der Waals surface area contributed by atoms with Crippen LogP contribution >= 0.6 is 0 Å². The lowest BCUT2D eigenvalue weighted by atomic mass is 9.87. The van der Waals surface area contributed by atoms with Gasteiger partial charge in [-0.3, -0.25) is 19.1 Å². The molecule has 0 spiro atoms. The summed E-state index contributed by atoms with van der Waals surface area (Å²) in [4.78, 5) is 54.7. The number of hydrogen-bond acceptors (Lipinski definition) is 8. The molecule has 11 nitrogen and oxygen atoms in total. The Kier molecular flexibility index (Phi) is 11.1. The Morgan fingerprint density at radius 1 is 1.18 bits per heavy atom. The Hall–Kier alpha value is -2.73. The van der Waals surface area contributed by atoms with E-state index in [1.807, 2.05) is 4.72 Å². The summed E-state index contributed by atoms with van der Waals surface area (Å²) >= 11 is 0. The number of carbonyl (C=O) groups is 4. The molecular weight excluding hydrogens is 538 g/mol. The number of alkyl carbamates (subject to hydrolysis) is 1. The van der Waals surface area contributed by atoms with Crippen molar-refractivity contribution < 1.29 is 37.1 Å². The van der Waals surface area contributed by atoms with Crippen molar-refractivity contribution in [2.45, 2.75) is 90.0 Å². The van der Waals surface area contributed by atoms with Crippen LogP contribution in [0.25, 0.3) is 0 Å². The minimum Gasteiger partial charge on any atom is -0.444 e. The average Bonchev–Trinajstić information content (AvgIpc) is 3.44. The Morgan fingerprint density at radius 3 is 2.33 bits per heavy atom.